The molecule has 7 heteroatoms. The number of nitrogens with one attached hydrogen (secondary N) is 1. The average Bonchev–Trinajstić information content (AvgIpc) is 2.58. The van der Waals surface area contributed by atoms with Gasteiger partial charge in [-0.05, 0) is 43.7 Å². The number of nitrogens with zero attached hydrogens (tertiary/aromatic N) is 3. The molecule has 0 unspecified atom stereocenters. The minimum Gasteiger partial charge on any atom is -0.324 e. The van der Waals surface area contributed by atoms with E-state index in [1.54, 1.807) is 25.3 Å². The molecule has 0 bridgehead atoms. The molecule has 0 saturated carbocycles. The van der Waals surface area contributed by atoms with Crippen molar-refractivity contribution in [2.24, 2.45) is 0 Å². The van der Waals surface area contributed by atoms with Crippen molar-refractivity contribution < 1.29 is 9.18 Å². The van der Waals surface area contributed by atoms with Gasteiger partial charge >= 0.3 is 0 Å². The van der Waals surface area contributed by atoms with E-state index in [9.17, 15) is 14.0 Å². The van der Waals surface area contributed by atoms with Crippen LogP contribution in [0.1, 0.15) is 25.6 Å². The number of benzene rings is 1. The van der Waals surface area contributed by atoms with Gasteiger partial charge in [0.05, 0.1) is 16.8 Å². The van der Waals surface area contributed by atoms with E-state index < -0.39 is 5.82 Å². The Labute approximate surface area is 143 Å². The Kier molecular flexibility index (Phi) is 4.56. The molecule has 3 rings (SSSR count). The lowest BCUT2D eigenvalue weighted by Crippen LogP contribution is -2.23. The smallest absolute Gasteiger partial charge is 0.267 e. The largest absolute Gasteiger partial charge is 0.324 e. The third kappa shape index (κ3) is 3.26. The van der Waals surface area contributed by atoms with E-state index in [0.717, 1.165) is 0 Å². The predicted octanol–water partition coefficient (Wildman–Crippen LogP) is 2.97. The van der Waals surface area contributed by atoms with Gasteiger partial charge in [0.1, 0.15) is 11.6 Å². The van der Waals surface area contributed by atoms with Gasteiger partial charge in [0.25, 0.3) is 5.56 Å². The lowest BCUT2D eigenvalue weighted by Gasteiger charge is -2.13. The number of fused-ring (bicyclic) bond motifs is 1. The number of rotatable bonds is 4. The van der Waals surface area contributed by atoms with Gasteiger partial charge in [0, 0.05) is 12.6 Å². The predicted molar refractivity (Wildman–Crippen MR) is 93.4 cm³/mol. The summed E-state index contributed by atoms with van der Waals surface area (Å²) in [5.41, 5.74) is 0.523. The summed E-state index contributed by atoms with van der Waals surface area (Å²) in [6, 6.07) is 7.42. The van der Waals surface area contributed by atoms with Gasteiger partial charge in [-0.3, -0.25) is 14.2 Å². The Hall–Kier alpha value is -3.09. The quantitative estimate of drug-likeness (QED) is 0.792. The SMILES string of the molecule is CCCC(=O)Nc1cc(-n2c(C)nc3ncccc3c2=O)ccc1F. The molecule has 3 aromatic rings. The van der Waals surface area contributed by atoms with Crippen LogP contribution in [0.2, 0.25) is 0 Å². The van der Waals surface area contributed by atoms with E-state index in [2.05, 4.69) is 15.3 Å². The van der Waals surface area contributed by atoms with Crippen LogP contribution in [0.15, 0.2) is 41.3 Å². The third-order valence-corrected chi connectivity index (χ3v) is 3.77. The number of carbonyl (C=O) groups is 1. The van der Waals surface area contributed by atoms with Crippen molar-refractivity contribution in [1.29, 1.82) is 0 Å². The first-order valence-corrected chi connectivity index (χ1v) is 7.95. The highest BCUT2D eigenvalue weighted by atomic mass is 19.1. The average molecular weight is 340 g/mol. The summed E-state index contributed by atoms with van der Waals surface area (Å²) in [6.07, 6.45) is 2.52. The van der Waals surface area contributed by atoms with E-state index >= 15 is 0 Å². The summed E-state index contributed by atoms with van der Waals surface area (Å²) in [5, 5.41) is 2.90. The number of hydrogen-bond acceptors (Lipinski definition) is 4. The molecule has 1 N–H and O–H groups in total. The van der Waals surface area contributed by atoms with Crippen LogP contribution < -0.4 is 10.9 Å². The van der Waals surface area contributed by atoms with Crippen molar-refractivity contribution in [2.75, 3.05) is 5.32 Å². The van der Waals surface area contributed by atoms with E-state index in [0.29, 0.717) is 35.4 Å². The minimum atomic E-state index is -0.561. The molecule has 0 saturated heterocycles. The van der Waals surface area contributed by atoms with E-state index in [-0.39, 0.29) is 17.2 Å². The summed E-state index contributed by atoms with van der Waals surface area (Å²) in [7, 11) is 0. The second kappa shape index (κ2) is 6.80. The highest BCUT2D eigenvalue weighted by Crippen LogP contribution is 2.20. The molecular formula is C18H17FN4O2. The first kappa shape index (κ1) is 16.8. The molecule has 0 atom stereocenters. The Bertz CT molecular complexity index is 1010. The highest BCUT2D eigenvalue weighted by molar-refractivity contribution is 5.91. The Morgan fingerprint density at radius 1 is 1.32 bits per heavy atom. The number of aryl methyl sites for hydroxylation is 1. The monoisotopic (exact) mass is 340 g/mol. The molecule has 25 heavy (non-hydrogen) atoms. The minimum absolute atomic E-state index is 0.0357. The van der Waals surface area contributed by atoms with Crippen molar-refractivity contribution in [1.82, 2.24) is 14.5 Å². The van der Waals surface area contributed by atoms with Crippen LogP contribution in [0.5, 0.6) is 0 Å². The fraction of sp³-hybridized carbons (Fsp3) is 0.222. The lowest BCUT2D eigenvalue weighted by molar-refractivity contribution is -0.116. The second-order valence-electron chi connectivity index (χ2n) is 5.64. The van der Waals surface area contributed by atoms with Gasteiger partial charge in [-0.2, -0.15) is 0 Å². The molecule has 0 radical (unpaired) electrons. The highest BCUT2D eigenvalue weighted by Gasteiger charge is 2.13. The van der Waals surface area contributed by atoms with Gasteiger partial charge in [0.2, 0.25) is 5.91 Å². The number of anilines is 1. The van der Waals surface area contributed by atoms with Crippen LogP contribution in [0.25, 0.3) is 16.7 Å². The van der Waals surface area contributed by atoms with Crippen LogP contribution in [0, 0.1) is 12.7 Å². The number of halogens is 1. The lowest BCUT2D eigenvalue weighted by atomic mass is 10.2. The zero-order chi connectivity index (χ0) is 18.0. The van der Waals surface area contributed by atoms with Crippen LogP contribution in [0.3, 0.4) is 0 Å². The van der Waals surface area contributed by atoms with Crippen molar-refractivity contribution in [3.8, 4) is 5.69 Å². The van der Waals surface area contributed by atoms with Crippen LogP contribution in [0.4, 0.5) is 10.1 Å². The first-order chi connectivity index (χ1) is 12.0. The summed E-state index contributed by atoms with van der Waals surface area (Å²) in [6.45, 7) is 3.54. The molecule has 2 aromatic heterocycles. The molecule has 1 amide bonds. The maximum Gasteiger partial charge on any atom is 0.267 e. The van der Waals surface area contributed by atoms with E-state index in [1.807, 2.05) is 6.92 Å². The third-order valence-electron chi connectivity index (χ3n) is 3.77. The molecule has 1 aromatic carbocycles. The zero-order valence-electron chi connectivity index (χ0n) is 13.9. The Balaban J connectivity index is 2.12. The summed E-state index contributed by atoms with van der Waals surface area (Å²) in [4.78, 5) is 32.9. The van der Waals surface area contributed by atoms with Crippen molar-refractivity contribution in [3.63, 3.8) is 0 Å². The Morgan fingerprint density at radius 2 is 2.12 bits per heavy atom. The molecule has 0 fully saturated rings. The van der Waals surface area contributed by atoms with Crippen LogP contribution >= 0.6 is 0 Å². The zero-order valence-corrected chi connectivity index (χ0v) is 13.9. The maximum atomic E-state index is 14.0. The van der Waals surface area contributed by atoms with Gasteiger partial charge in [-0.15, -0.1) is 0 Å². The van der Waals surface area contributed by atoms with Gasteiger partial charge in [-0.1, -0.05) is 6.92 Å². The number of carbonyl (C=O) groups excluding carboxylic acids is 1. The number of hydrogen-bond donors (Lipinski definition) is 1. The topological polar surface area (TPSA) is 76.9 Å². The van der Waals surface area contributed by atoms with Gasteiger partial charge in [0.15, 0.2) is 5.65 Å². The van der Waals surface area contributed by atoms with Crippen molar-refractivity contribution in [2.45, 2.75) is 26.7 Å². The van der Waals surface area contributed by atoms with E-state index in [4.69, 9.17) is 0 Å². The number of amides is 1. The molecule has 128 valence electrons. The first-order valence-electron chi connectivity index (χ1n) is 7.95. The maximum absolute atomic E-state index is 14.0. The molecule has 2 heterocycles. The molecule has 0 aliphatic carbocycles. The normalized spacial score (nSPS) is 10.8. The van der Waals surface area contributed by atoms with Gasteiger partial charge in [-0.25, -0.2) is 14.4 Å². The second-order valence-corrected chi connectivity index (χ2v) is 5.64. The molecule has 0 spiro atoms. The standard InChI is InChI=1S/C18H17FN4O2/c1-3-5-16(24)22-15-10-12(7-8-14(15)19)23-11(2)21-17-13(18(23)25)6-4-9-20-17/h4,6-10H,3,5H2,1-2H3,(H,22,24). The van der Waals surface area contributed by atoms with Gasteiger partial charge < -0.3 is 5.32 Å². The van der Waals surface area contributed by atoms with Crippen LogP contribution in [-0.4, -0.2) is 20.4 Å². The summed E-state index contributed by atoms with van der Waals surface area (Å²) in [5.74, 6) is -0.411. The molecule has 0 aliphatic heterocycles. The molecule has 6 nitrogen and oxygen atoms in total. The number of aromatic nitrogens is 3. The van der Waals surface area contributed by atoms with Crippen LogP contribution in [-0.2, 0) is 4.79 Å². The van der Waals surface area contributed by atoms with Crippen molar-refractivity contribution in [3.05, 3.63) is 58.5 Å². The molecule has 0 aliphatic rings. The van der Waals surface area contributed by atoms with E-state index in [1.165, 1.54) is 22.8 Å². The number of pyridine rings is 1. The fourth-order valence-corrected chi connectivity index (χ4v) is 2.62. The Morgan fingerprint density at radius 3 is 2.88 bits per heavy atom. The fourth-order valence-electron chi connectivity index (χ4n) is 2.62. The van der Waals surface area contributed by atoms with Crippen molar-refractivity contribution >= 4 is 22.6 Å². The summed E-state index contributed by atoms with van der Waals surface area (Å²) < 4.78 is 15.4. The molecular weight excluding hydrogens is 323 g/mol. The summed E-state index contributed by atoms with van der Waals surface area (Å²) >= 11 is 0.